The van der Waals surface area contributed by atoms with E-state index in [0.29, 0.717) is 25.6 Å². The predicted molar refractivity (Wildman–Crippen MR) is 89.7 cm³/mol. The monoisotopic (exact) mass is 321 g/mol. The second-order valence-electron chi connectivity index (χ2n) is 5.90. The van der Waals surface area contributed by atoms with Crippen LogP contribution in [0.4, 0.5) is 0 Å². The Balaban J connectivity index is 1.98. The van der Waals surface area contributed by atoms with E-state index in [4.69, 9.17) is 4.74 Å². The molecule has 0 aromatic carbocycles. The van der Waals surface area contributed by atoms with Crippen LogP contribution in [0.3, 0.4) is 0 Å². The molecule has 0 radical (unpaired) electrons. The molecular weight excluding hydrogens is 294 g/mol. The van der Waals surface area contributed by atoms with Gasteiger partial charge in [0, 0.05) is 25.8 Å². The summed E-state index contributed by atoms with van der Waals surface area (Å²) < 4.78 is 7.16. The fourth-order valence-electron chi connectivity index (χ4n) is 2.93. The molecule has 1 aliphatic heterocycles. The molecule has 0 saturated carbocycles. The highest BCUT2D eigenvalue weighted by Crippen LogP contribution is 2.12. The van der Waals surface area contributed by atoms with Gasteiger partial charge in [-0.25, -0.2) is 0 Å². The third-order valence-corrected chi connectivity index (χ3v) is 4.31. The number of nitrogens with zero attached hydrogens (tertiary/aromatic N) is 2. The molecule has 1 aromatic rings. The summed E-state index contributed by atoms with van der Waals surface area (Å²) in [6.45, 7) is 7.74. The van der Waals surface area contributed by atoms with Crippen LogP contribution in [0.15, 0.2) is 23.1 Å². The van der Waals surface area contributed by atoms with Gasteiger partial charge in [-0.2, -0.15) is 0 Å². The number of nitrogens with one attached hydrogen (secondary N) is 1. The van der Waals surface area contributed by atoms with Gasteiger partial charge in [0.1, 0.15) is 0 Å². The number of amides is 1. The molecular formula is C17H27N3O3. The summed E-state index contributed by atoms with van der Waals surface area (Å²) in [5, 5.41) is 3.36. The summed E-state index contributed by atoms with van der Waals surface area (Å²) in [5.41, 5.74) is -0.162. The molecule has 1 N–H and O–H groups in total. The molecule has 0 spiro atoms. The molecule has 1 amide bonds. The van der Waals surface area contributed by atoms with Crippen LogP contribution in [0.25, 0.3) is 0 Å². The minimum absolute atomic E-state index is 0.0914. The van der Waals surface area contributed by atoms with Crippen molar-refractivity contribution < 1.29 is 9.53 Å². The second kappa shape index (κ2) is 8.72. The van der Waals surface area contributed by atoms with Crippen molar-refractivity contribution in [1.82, 2.24) is 14.8 Å². The molecule has 6 nitrogen and oxygen atoms in total. The van der Waals surface area contributed by atoms with Crippen molar-refractivity contribution in [2.45, 2.75) is 33.2 Å². The lowest BCUT2D eigenvalue weighted by Crippen LogP contribution is -2.36. The Morgan fingerprint density at radius 3 is 2.87 bits per heavy atom. The van der Waals surface area contributed by atoms with Crippen molar-refractivity contribution >= 4 is 5.91 Å². The third-order valence-electron chi connectivity index (χ3n) is 4.31. The first-order valence-corrected chi connectivity index (χ1v) is 8.46. The fraction of sp³-hybridized carbons (Fsp3) is 0.647. The zero-order chi connectivity index (χ0) is 16.7. The average molecular weight is 321 g/mol. The number of aromatic nitrogens is 1. The smallest absolute Gasteiger partial charge is 0.292 e. The first-order valence-electron chi connectivity index (χ1n) is 8.46. The standard InChI is InChI=1S/C17H27N3O3/c1-3-19(4-2)16(21)13-23-15-8-6-10-20(17(15)22)12-14-7-5-9-18-11-14/h6,8,10,14,18H,3-5,7,9,11-13H2,1-2H3. The van der Waals surface area contributed by atoms with Crippen LogP contribution in [-0.2, 0) is 11.3 Å². The zero-order valence-corrected chi connectivity index (χ0v) is 14.1. The Kier molecular flexibility index (Phi) is 6.65. The number of carbonyl (C=O) groups excluding carboxylic acids is 1. The van der Waals surface area contributed by atoms with Gasteiger partial charge < -0.3 is 19.5 Å². The van der Waals surface area contributed by atoms with Crippen LogP contribution in [0.5, 0.6) is 5.75 Å². The molecule has 1 aliphatic rings. The van der Waals surface area contributed by atoms with Gasteiger partial charge in [0.05, 0.1) is 0 Å². The maximum atomic E-state index is 12.5. The summed E-state index contributed by atoms with van der Waals surface area (Å²) >= 11 is 0. The Labute approximate surface area is 137 Å². The minimum atomic E-state index is -0.162. The minimum Gasteiger partial charge on any atom is -0.478 e. The van der Waals surface area contributed by atoms with Gasteiger partial charge >= 0.3 is 0 Å². The SMILES string of the molecule is CCN(CC)C(=O)COc1cccn(CC2CCCNC2)c1=O. The molecule has 1 saturated heterocycles. The molecule has 23 heavy (non-hydrogen) atoms. The molecule has 1 fully saturated rings. The van der Waals surface area contributed by atoms with Crippen LogP contribution < -0.4 is 15.6 Å². The number of piperidine rings is 1. The molecule has 0 aliphatic carbocycles. The van der Waals surface area contributed by atoms with E-state index in [1.165, 1.54) is 0 Å². The topological polar surface area (TPSA) is 63.6 Å². The molecule has 1 unspecified atom stereocenters. The van der Waals surface area contributed by atoms with E-state index >= 15 is 0 Å². The number of ether oxygens (including phenoxy) is 1. The van der Waals surface area contributed by atoms with Crippen molar-refractivity contribution in [3.63, 3.8) is 0 Å². The van der Waals surface area contributed by atoms with Crippen molar-refractivity contribution in [1.29, 1.82) is 0 Å². The van der Waals surface area contributed by atoms with E-state index in [2.05, 4.69) is 5.32 Å². The molecule has 1 aromatic heterocycles. The highest BCUT2D eigenvalue weighted by Gasteiger charge is 2.16. The van der Waals surface area contributed by atoms with E-state index in [1.54, 1.807) is 27.8 Å². The zero-order valence-electron chi connectivity index (χ0n) is 14.1. The van der Waals surface area contributed by atoms with E-state index in [1.807, 2.05) is 13.8 Å². The first-order chi connectivity index (χ1) is 11.2. The average Bonchev–Trinajstić information content (AvgIpc) is 2.58. The Hall–Kier alpha value is -1.82. The maximum absolute atomic E-state index is 12.5. The molecule has 6 heteroatoms. The summed E-state index contributed by atoms with van der Waals surface area (Å²) in [7, 11) is 0. The summed E-state index contributed by atoms with van der Waals surface area (Å²) in [5.74, 6) is 0.618. The lowest BCUT2D eigenvalue weighted by molar-refractivity contribution is -0.133. The van der Waals surface area contributed by atoms with Gasteiger partial charge in [-0.1, -0.05) is 0 Å². The van der Waals surface area contributed by atoms with Crippen molar-refractivity contribution in [3.8, 4) is 5.75 Å². The number of hydrogen-bond acceptors (Lipinski definition) is 4. The highest BCUT2D eigenvalue weighted by atomic mass is 16.5. The largest absolute Gasteiger partial charge is 0.478 e. The number of hydrogen-bond donors (Lipinski definition) is 1. The van der Waals surface area contributed by atoms with E-state index in [-0.39, 0.29) is 23.8 Å². The third kappa shape index (κ3) is 4.82. The Morgan fingerprint density at radius 2 is 2.22 bits per heavy atom. The predicted octanol–water partition coefficient (Wildman–Crippen LogP) is 1.10. The quantitative estimate of drug-likeness (QED) is 0.817. The number of rotatable bonds is 7. The second-order valence-corrected chi connectivity index (χ2v) is 5.90. The number of pyridine rings is 1. The Bertz CT molecular complexity index is 560. The van der Waals surface area contributed by atoms with Gasteiger partial charge in [0.25, 0.3) is 11.5 Å². The van der Waals surface area contributed by atoms with Gasteiger partial charge in [0.2, 0.25) is 0 Å². The van der Waals surface area contributed by atoms with Gasteiger partial charge in [-0.15, -0.1) is 0 Å². The summed E-state index contributed by atoms with van der Waals surface area (Å²) in [6.07, 6.45) is 4.06. The van der Waals surface area contributed by atoms with E-state index < -0.39 is 0 Å². The molecule has 1 atom stereocenters. The summed E-state index contributed by atoms with van der Waals surface area (Å²) in [4.78, 5) is 26.1. The van der Waals surface area contributed by atoms with E-state index in [0.717, 1.165) is 25.9 Å². The number of likely N-dealkylation sites (N-methyl/N-ethyl adjacent to an activating group) is 1. The Morgan fingerprint density at radius 1 is 1.43 bits per heavy atom. The molecule has 2 heterocycles. The molecule has 2 rings (SSSR count). The van der Waals surface area contributed by atoms with Crippen LogP contribution in [-0.4, -0.2) is 48.2 Å². The highest BCUT2D eigenvalue weighted by molar-refractivity contribution is 5.77. The number of carbonyl (C=O) groups is 1. The van der Waals surface area contributed by atoms with Crippen molar-refractivity contribution in [2.75, 3.05) is 32.8 Å². The van der Waals surface area contributed by atoms with E-state index in [9.17, 15) is 9.59 Å². The first kappa shape index (κ1) is 17.5. The van der Waals surface area contributed by atoms with Crippen molar-refractivity contribution in [2.24, 2.45) is 5.92 Å². The van der Waals surface area contributed by atoms with Crippen LogP contribution in [0, 0.1) is 5.92 Å². The summed E-state index contributed by atoms with van der Waals surface area (Å²) in [6, 6.07) is 3.43. The van der Waals surface area contributed by atoms with Crippen LogP contribution in [0.1, 0.15) is 26.7 Å². The van der Waals surface area contributed by atoms with Crippen molar-refractivity contribution in [3.05, 3.63) is 28.7 Å². The van der Waals surface area contributed by atoms with Crippen LogP contribution >= 0.6 is 0 Å². The van der Waals surface area contributed by atoms with Gasteiger partial charge in [-0.3, -0.25) is 9.59 Å². The normalized spacial score (nSPS) is 17.7. The molecule has 128 valence electrons. The lowest BCUT2D eigenvalue weighted by atomic mass is 10.00. The van der Waals surface area contributed by atoms with Crippen LogP contribution in [0.2, 0.25) is 0 Å². The maximum Gasteiger partial charge on any atom is 0.292 e. The lowest BCUT2D eigenvalue weighted by Gasteiger charge is -2.23. The fourth-order valence-corrected chi connectivity index (χ4v) is 2.93. The van der Waals surface area contributed by atoms with Gasteiger partial charge in [-0.05, 0) is 57.8 Å². The van der Waals surface area contributed by atoms with Gasteiger partial charge in [0.15, 0.2) is 12.4 Å². The molecule has 0 bridgehead atoms.